The summed E-state index contributed by atoms with van der Waals surface area (Å²) in [7, 11) is 2.47. The second-order valence-corrected chi connectivity index (χ2v) is 11.1. The van der Waals surface area contributed by atoms with Gasteiger partial charge in [-0.05, 0) is 61.6 Å². The summed E-state index contributed by atoms with van der Waals surface area (Å²) in [5.74, 6) is 2.64. The molecular weight excluding hydrogens is 368 g/mol. The van der Waals surface area contributed by atoms with E-state index in [2.05, 4.69) is 31.2 Å². The molecule has 0 atom stereocenters. The third-order valence-corrected chi connectivity index (χ3v) is 9.08. The predicted octanol–water partition coefficient (Wildman–Crippen LogP) is 6.19. The second kappa shape index (κ2) is 12.6. The highest BCUT2D eigenvalue weighted by Gasteiger charge is 2.36. The molecule has 160 valence electrons. The largest absolute Gasteiger partial charge is 0.500 e. The summed E-state index contributed by atoms with van der Waals surface area (Å²) < 4.78 is 22.2. The lowest BCUT2D eigenvalue weighted by Crippen LogP contribution is -2.42. The van der Waals surface area contributed by atoms with Crippen LogP contribution in [0.4, 0.5) is 0 Å². The van der Waals surface area contributed by atoms with Gasteiger partial charge in [-0.1, -0.05) is 44.7 Å². The molecule has 1 aliphatic rings. The van der Waals surface area contributed by atoms with Crippen molar-refractivity contribution in [2.24, 2.45) is 5.92 Å². The zero-order valence-corrected chi connectivity index (χ0v) is 19.4. The van der Waals surface area contributed by atoms with Gasteiger partial charge in [0, 0.05) is 27.4 Å². The van der Waals surface area contributed by atoms with Crippen LogP contribution >= 0.6 is 0 Å². The van der Waals surface area contributed by atoms with Crippen molar-refractivity contribution >= 4 is 8.80 Å². The van der Waals surface area contributed by atoms with E-state index in [1.165, 1.54) is 56.9 Å². The van der Waals surface area contributed by atoms with Crippen molar-refractivity contribution in [1.82, 2.24) is 0 Å². The molecule has 1 aromatic carbocycles. The van der Waals surface area contributed by atoms with E-state index in [9.17, 15) is 0 Å². The normalized spacial score (nSPS) is 20.3. The van der Waals surface area contributed by atoms with Gasteiger partial charge in [-0.25, -0.2) is 0 Å². The van der Waals surface area contributed by atoms with Crippen molar-refractivity contribution < 1.29 is 18.0 Å². The van der Waals surface area contributed by atoms with E-state index < -0.39 is 8.80 Å². The van der Waals surface area contributed by atoms with Gasteiger partial charge in [0.25, 0.3) is 0 Å². The van der Waals surface area contributed by atoms with Crippen molar-refractivity contribution in [2.75, 3.05) is 27.9 Å². The lowest BCUT2D eigenvalue weighted by Gasteiger charge is -2.29. The van der Waals surface area contributed by atoms with Crippen molar-refractivity contribution in [3.63, 3.8) is 0 Å². The van der Waals surface area contributed by atoms with Crippen LogP contribution in [0, 0.1) is 5.92 Å². The number of hydrogen-bond donors (Lipinski definition) is 0. The van der Waals surface area contributed by atoms with Gasteiger partial charge in [0.2, 0.25) is 0 Å². The number of benzene rings is 1. The SMILES string of the molecule is CCCCCC1CCC(c2ccc(OCCC[Si](OC)(OC)OC)cc2)CC1. The molecule has 28 heavy (non-hydrogen) atoms. The first kappa shape index (κ1) is 23.4. The molecule has 1 aromatic rings. The zero-order chi connectivity index (χ0) is 20.2. The first-order valence-electron chi connectivity index (χ1n) is 11.0. The molecule has 1 saturated carbocycles. The molecule has 4 nitrogen and oxygen atoms in total. The average Bonchev–Trinajstić information content (AvgIpc) is 2.76. The molecule has 0 unspecified atom stereocenters. The summed E-state index contributed by atoms with van der Waals surface area (Å²) in [5, 5.41) is 0. The monoisotopic (exact) mass is 408 g/mol. The van der Waals surface area contributed by atoms with Gasteiger partial charge in [-0.3, -0.25) is 0 Å². The number of hydrogen-bond acceptors (Lipinski definition) is 4. The highest BCUT2D eigenvalue weighted by Crippen LogP contribution is 2.38. The lowest BCUT2D eigenvalue weighted by atomic mass is 9.77. The molecule has 0 spiro atoms. The van der Waals surface area contributed by atoms with Crippen LogP contribution in [-0.2, 0) is 13.3 Å². The van der Waals surface area contributed by atoms with Crippen molar-refractivity contribution in [3.8, 4) is 5.75 Å². The van der Waals surface area contributed by atoms with Gasteiger partial charge < -0.3 is 18.0 Å². The molecule has 0 bridgehead atoms. The summed E-state index contributed by atoms with van der Waals surface area (Å²) in [5.41, 5.74) is 1.48. The fraction of sp³-hybridized carbons (Fsp3) is 0.739. The first-order chi connectivity index (χ1) is 13.7. The molecule has 0 radical (unpaired) electrons. The summed E-state index contributed by atoms with van der Waals surface area (Å²) in [6.07, 6.45) is 11.9. The molecule has 5 heteroatoms. The Morgan fingerprint density at radius 2 is 1.50 bits per heavy atom. The van der Waals surface area contributed by atoms with E-state index in [1.807, 2.05) is 0 Å². The molecule has 2 rings (SSSR count). The Kier molecular flexibility index (Phi) is 10.6. The molecule has 0 aromatic heterocycles. The Bertz CT molecular complexity index is 514. The van der Waals surface area contributed by atoms with Crippen molar-refractivity contribution in [1.29, 1.82) is 0 Å². The standard InChI is InChI=1S/C23H40O4Si/c1-5-6-7-9-20-10-12-21(13-11-20)22-14-16-23(17-15-22)27-18-8-19-28(24-2,25-3)26-4/h14-17,20-21H,5-13,18-19H2,1-4H3. The number of ether oxygens (including phenoxy) is 1. The maximum absolute atomic E-state index is 5.90. The van der Waals surface area contributed by atoms with E-state index >= 15 is 0 Å². The minimum Gasteiger partial charge on any atom is -0.494 e. The fourth-order valence-electron chi connectivity index (χ4n) is 4.34. The summed E-state index contributed by atoms with van der Waals surface area (Å²) in [6.45, 7) is 2.94. The average molecular weight is 409 g/mol. The minimum absolute atomic E-state index is 0.646. The first-order valence-corrected chi connectivity index (χ1v) is 13.0. The summed E-state index contributed by atoms with van der Waals surface area (Å²) >= 11 is 0. The quantitative estimate of drug-likeness (QED) is 0.288. The highest BCUT2D eigenvalue weighted by atomic mass is 28.4. The Morgan fingerprint density at radius 3 is 2.07 bits per heavy atom. The molecule has 0 saturated heterocycles. The van der Waals surface area contributed by atoms with Gasteiger partial charge >= 0.3 is 8.80 Å². The van der Waals surface area contributed by atoms with E-state index in [-0.39, 0.29) is 0 Å². The summed E-state index contributed by atoms with van der Waals surface area (Å²) in [6, 6.07) is 9.52. The van der Waals surface area contributed by atoms with Gasteiger partial charge in [0.05, 0.1) is 6.61 Å². The van der Waals surface area contributed by atoms with E-state index in [1.54, 1.807) is 21.3 Å². The number of unbranched alkanes of at least 4 members (excludes halogenated alkanes) is 2. The predicted molar refractivity (Wildman–Crippen MR) is 117 cm³/mol. The van der Waals surface area contributed by atoms with E-state index in [4.69, 9.17) is 18.0 Å². The molecular formula is C23H40O4Si. The van der Waals surface area contributed by atoms with Crippen LogP contribution in [0.5, 0.6) is 5.75 Å². The molecule has 1 aliphatic carbocycles. The van der Waals surface area contributed by atoms with Gasteiger partial charge in [0.15, 0.2) is 0 Å². The van der Waals surface area contributed by atoms with Crippen LogP contribution in [0.2, 0.25) is 6.04 Å². The maximum atomic E-state index is 5.90. The highest BCUT2D eigenvalue weighted by molar-refractivity contribution is 6.60. The van der Waals surface area contributed by atoms with Gasteiger partial charge in [-0.2, -0.15) is 0 Å². The molecule has 0 amide bonds. The number of rotatable bonds is 13. The smallest absolute Gasteiger partial charge is 0.494 e. The zero-order valence-electron chi connectivity index (χ0n) is 18.4. The molecule has 0 heterocycles. The summed E-state index contributed by atoms with van der Waals surface area (Å²) in [4.78, 5) is 0. The van der Waals surface area contributed by atoms with Crippen LogP contribution < -0.4 is 4.74 Å². The van der Waals surface area contributed by atoms with Crippen LogP contribution in [0.25, 0.3) is 0 Å². The maximum Gasteiger partial charge on any atom is 0.500 e. The van der Waals surface area contributed by atoms with Crippen LogP contribution in [0.1, 0.15) is 76.2 Å². The minimum atomic E-state index is -2.48. The topological polar surface area (TPSA) is 36.9 Å². The molecule has 1 fully saturated rings. The van der Waals surface area contributed by atoms with Crippen molar-refractivity contribution in [3.05, 3.63) is 29.8 Å². The van der Waals surface area contributed by atoms with Crippen molar-refractivity contribution in [2.45, 2.75) is 76.7 Å². The molecule has 0 N–H and O–H groups in total. The lowest BCUT2D eigenvalue weighted by molar-refractivity contribution is 0.121. The third kappa shape index (κ3) is 7.18. The van der Waals surface area contributed by atoms with E-state index in [0.29, 0.717) is 6.61 Å². The second-order valence-electron chi connectivity index (χ2n) is 8.03. The Balaban J connectivity index is 1.71. The fourth-order valence-corrected chi connectivity index (χ4v) is 6.03. The Labute approximate surface area is 173 Å². The van der Waals surface area contributed by atoms with Crippen LogP contribution in [0.3, 0.4) is 0 Å². The van der Waals surface area contributed by atoms with Gasteiger partial charge in [0.1, 0.15) is 5.75 Å². The van der Waals surface area contributed by atoms with Crippen LogP contribution in [-0.4, -0.2) is 36.7 Å². The Morgan fingerprint density at radius 1 is 0.857 bits per heavy atom. The molecule has 0 aliphatic heterocycles. The van der Waals surface area contributed by atoms with E-state index in [0.717, 1.165) is 30.1 Å². The van der Waals surface area contributed by atoms with Crippen LogP contribution in [0.15, 0.2) is 24.3 Å². The van der Waals surface area contributed by atoms with Gasteiger partial charge in [-0.15, -0.1) is 0 Å². The third-order valence-electron chi connectivity index (χ3n) is 6.24. The Hall–Kier alpha value is -0.883.